The molecule has 166 valence electrons. The first kappa shape index (κ1) is 24.2. The number of para-hydroxylation sites is 2. The van der Waals surface area contributed by atoms with E-state index in [0.717, 1.165) is 63.2 Å². The Morgan fingerprint density at radius 2 is 0.833 bits per heavy atom. The van der Waals surface area contributed by atoms with Crippen molar-refractivity contribution in [2.45, 2.75) is 38.8 Å². The van der Waals surface area contributed by atoms with Crippen LogP contribution < -0.4 is 21.3 Å². The lowest BCUT2D eigenvalue weighted by atomic mass is 10.2. The fraction of sp³-hybridized carbons (Fsp3) is 0.500. The maximum absolute atomic E-state index is 9.71. The number of phenolic OH excluding ortho intramolecular Hbond substituents is 2. The Hall–Kier alpha value is -2.12. The third-order valence-electron chi connectivity index (χ3n) is 4.99. The van der Waals surface area contributed by atoms with Gasteiger partial charge in [-0.15, -0.1) is 0 Å². The van der Waals surface area contributed by atoms with Crippen molar-refractivity contribution in [3.05, 3.63) is 59.7 Å². The van der Waals surface area contributed by atoms with Crippen LogP contribution in [0.5, 0.6) is 11.5 Å². The Morgan fingerprint density at radius 1 is 0.467 bits per heavy atom. The highest BCUT2D eigenvalue weighted by atomic mass is 16.3. The molecule has 6 heteroatoms. The van der Waals surface area contributed by atoms with Crippen LogP contribution in [0.4, 0.5) is 0 Å². The minimum Gasteiger partial charge on any atom is -0.508 e. The van der Waals surface area contributed by atoms with Crippen LogP contribution in [0, 0.1) is 0 Å². The predicted octanol–water partition coefficient (Wildman–Crippen LogP) is 2.72. The van der Waals surface area contributed by atoms with Gasteiger partial charge >= 0.3 is 0 Å². The zero-order valence-corrected chi connectivity index (χ0v) is 18.0. The quantitative estimate of drug-likeness (QED) is 0.223. The first-order valence-corrected chi connectivity index (χ1v) is 11.1. The lowest BCUT2D eigenvalue weighted by Crippen LogP contribution is -2.24. The number of phenols is 2. The molecule has 0 aliphatic carbocycles. The van der Waals surface area contributed by atoms with Crippen molar-refractivity contribution in [3.8, 4) is 11.5 Å². The molecule has 0 aliphatic heterocycles. The number of benzene rings is 2. The zero-order valence-electron chi connectivity index (χ0n) is 18.0. The van der Waals surface area contributed by atoms with E-state index in [4.69, 9.17) is 0 Å². The molecule has 2 aromatic rings. The van der Waals surface area contributed by atoms with Gasteiger partial charge in [0.25, 0.3) is 0 Å². The van der Waals surface area contributed by atoms with Crippen LogP contribution >= 0.6 is 0 Å². The van der Waals surface area contributed by atoms with Gasteiger partial charge in [-0.25, -0.2) is 0 Å². The van der Waals surface area contributed by atoms with Gasteiger partial charge in [0.15, 0.2) is 0 Å². The van der Waals surface area contributed by atoms with Crippen LogP contribution in [0.2, 0.25) is 0 Å². The summed E-state index contributed by atoms with van der Waals surface area (Å²) in [6.45, 7) is 7.47. The van der Waals surface area contributed by atoms with E-state index < -0.39 is 0 Å². The Bertz CT molecular complexity index is 637. The van der Waals surface area contributed by atoms with E-state index >= 15 is 0 Å². The largest absolute Gasteiger partial charge is 0.508 e. The van der Waals surface area contributed by atoms with Crippen molar-refractivity contribution in [1.29, 1.82) is 0 Å². The summed E-state index contributed by atoms with van der Waals surface area (Å²) < 4.78 is 0. The molecule has 0 atom stereocenters. The summed E-state index contributed by atoms with van der Waals surface area (Å²) in [5.74, 6) is 0.723. The van der Waals surface area contributed by atoms with E-state index in [-0.39, 0.29) is 0 Å². The van der Waals surface area contributed by atoms with Crippen LogP contribution in [0.15, 0.2) is 48.5 Å². The Morgan fingerprint density at radius 3 is 1.27 bits per heavy atom. The molecule has 2 aromatic carbocycles. The third-order valence-corrected chi connectivity index (χ3v) is 4.99. The van der Waals surface area contributed by atoms with E-state index in [9.17, 15) is 10.2 Å². The standard InChI is InChI=1S/C24H38N4O2/c29-23-11-3-1-9-21(23)19-27-17-7-15-25-13-5-6-14-26-16-8-18-28-20-22-10-2-4-12-24(22)30/h1-4,9-12,25-30H,5-8,13-20H2. The summed E-state index contributed by atoms with van der Waals surface area (Å²) in [5, 5.41) is 33.1. The highest BCUT2D eigenvalue weighted by Gasteiger charge is 1.99. The van der Waals surface area contributed by atoms with Crippen LogP contribution in [0.1, 0.15) is 36.8 Å². The molecule has 0 saturated heterocycles. The molecule has 2 rings (SSSR count). The predicted molar refractivity (Wildman–Crippen MR) is 124 cm³/mol. The molecule has 30 heavy (non-hydrogen) atoms. The van der Waals surface area contributed by atoms with E-state index in [0.29, 0.717) is 24.6 Å². The molecule has 0 amide bonds. The molecule has 0 spiro atoms. The van der Waals surface area contributed by atoms with E-state index in [2.05, 4.69) is 21.3 Å². The number of rotatable bonds is 17. The van der Waals surface area contributed by atoms with Crippen molar-refractivity contribution in [2.24, 2.45) is 0 Å². The first-order chi connectivity index (χ1) is 14.8. The minimum absolute atomic E-state index is 0.362. The van der Waals surface area contributed by atoms with Crippen molar-refractivity contribution in [2.75, 3.05) is 39.3 Å². The second-order valence-corrected chi connectivity index (χ2v) is 7.53. The van der Waals surface area contributed by atoms with Crippen molar-refractivity contribution in [1.82, 2.24) is 21.3 Å². The SMILES string of the molecule is Oc1ccccc1CNCCCNCCCCNCCCNCc1ccccc1O. The Labute approximate surface area is 181 Å². The summed E-state index contributed by atoms with van der Waals surface area (Å²) in [7, 11) is 0. The van der Waals surface area contributed by atoms with Crippen LogP contribution in [0.3, 0.4) is 0 Å². The number of hydrogen-bond donors (Lipinski definition) is 6. The van der Waals surface area contributed by atoms with Gasteiger partial charge in [0.05, 0.1) is 0 Å². The average Bonchev–Trinajstić information content (AvgIpc) is 2.76. The molecule has 6 nitrogen and oxygen atoms in total. The summed E-state index contributed by atoms with van der Waals surface area (Å²) in [6, 6.07) is 14.9. The van der Waals surface area contributed by atoms with Gasteiger partial charge in [0.2, 0.25) is 0 Å². The van der Waals surface area contributed by atoms with Gasteiger partial charge in [-0.3, -0.25) is 0 Å². The zero-order chi connectivity index (χ0) is 21.3. The molecule has 0 heterocycles. The third kappa shape index (κ3) is 10.6. The number of nitrogens with one attached hydrogen (secondary N) is 4. The van der Waals surface area contributed by atoms with Gasteiger partial charge < -0.3 is 31.5 Å². The molecule has 0 unspecified atom stereocenters. The lowest BCUT2D eigenvalue weighted by molar-refractivity contribution is 0.463. The van der Waals surface area contributed by atoms with Crippen LogP contribution in [-0.2, 0) is 13.1 Å². The normalized spacial score (nSPS) is 11.1. The first-order valence-electron chi connectivity index (χ1n) is 11.1. The number of aromatic hydroxyl groups is 2. The molecule has 0 saturated carbocycles. The maximum atomic E-state index is 9.71. The van der Waals surface area contributed by atoms with Gasteiger partial charge in [0.1, 0.15) is 11.5 Å². The second kappa shape index (κ2) is 15.7. The maximum Gasteiger partial charge on any atom is 0.120 e. The Balaban J connectivity index is 1.29. The fourth-order valence-electron chi connectivity index (χ4n) is 3.19. The summed E-state index contributed by atoms with van der Waals surface area (Å²) >= 11 is 0. The molecular weight excluding hydrogens is 376 g/mol. The summed E-state index contributed by atoms with van der Waals surface area (Å²) in [4.78, 5) is 0. The molecule has 0 aromatic heterocycles. The van der Waals surface area contributed by atoms with Crippen LogP contribution in [0.25, 0.3) is 0 Å². The average molecular weight is 415 g/mol. The van der Waals surface area contributed by atoms with E-state index in [1.165, 1.54) is 12.8 Å². The topological polar surface area (TPSA) is 88.6 Å². The Kier molecular flexibility index (Phi) is 12.6. The highest BCUT2D eigenvalue weighted by molar-refractivity contribution is 5.32. The smallest absolute Gasteiger partial charge is 0.120 e. The van der Waals surface area contributed by atoms with E-state index in [1.54, 1.807) is 12.1 Å². The van der Waals surface area contributed by atoms with Gasteiger partial charge in [-0.05, 0) is 77.1 Å². The molecule has 0 bridgehead atoms. The fourth-order valence-corrected chi connectivity index (χ4v) is 3.19. The van der Waals surface area contributed by atoms with Crippen molar-refractivity contribution >= 4 is 0 Å². The monoisotopic (exact) mass is 414 g/mol. The van der Waals surface area contributed by atoms with Crippen molar-refractivity contribution in [3.63, 3.8) is 0 Å². The molecule has 0 fully saturated rings. The van der Waals surface area contributed by atoms with E-state index in [1.807, 2.05) is 36.4 Å². The van der Waals surface area contributed by atoms with Crippen molar-refractivity contribution < 1.29 is 10.2 Å². The van der Waals surface area contributed by atoms with Gasteiger partial charge in [0, 0.05) is 24.2 Å². The van der Waals surface area contributed by atoms with Crippen LogP contribution in [-0.4, -0.2) is 49.5 Å². The van der Waals surface area contributed by atoms with Gasteiger partial charge in [-0.1, -0.05) is 36.4 Å². The highest BCUT2D eigenvalue weighted by Crippen LogP contribution is 2.15. The number of unbranched alkanes of at least 4 members (excludes halogenated alkanes) is 1. The molecule has 0 aliphatic rings. The molecular formula is C24H38N4O2. The minimum atomic E-state index is 0.362. The number of hydrogen-bond acceptors (Lipinski definition) is 6. The molecule has 0 radical (unpaired) electrons. The van der Waals surface area contributed by atoms with Gasteiger partial charge in [-0.2, -0.15) is 0 Å². The summed E-state index contributed by atoms with van der Waals surface area (Å²) in [6.07, 6.45) is 4.53. The second-order valence-electron chi connectivity index (χ2n) is 7.53. The lowest BCUT2D eigenvalue weighted by Gasteiger charge is -2.09. The summed E-state index contributed by atoms with van der Waals surface area (Å²) in [5.41, 5.74) is 1.90. The molecule has 6 N–H and O–H groups in total.